The maximum absolute atomic E-state index is 2.30. The molecule has 0 spiro atoms. The monoisotopic (exact) mass is 194 g/mol. The molecule has 0 radical (unpaired) electrons. The summed E-state index contributed by atoms with van der Waals surface area (Å²) >= 11 is 0. The van der Waals surface area contributed by atoms with E-state index in [9.17, 15) is 0 Å². The SMILES string of the molecule is CCCCCP[PH3]CCCC. The van der Waals surface area contributed by atoms with Crippen LogP contribution < -0.4 is 0 Å². The zero-order chi connectivity index (χ0) is 8.36. The van der Waals surface area contributed by atoms with Crippen molar-refractivity contribution in [3.8, 4) is 0 Å². The van der Waals surface area contributed by atoms with E-state index >= 15 is 0 Å². The van der Waals surface area contributed by atoms with Crippen LogP contribution in [-0.4, -0.2) is 12.3 Å². The average molecular weight is 194 g/mol. The summed E-state index contributed by atoms with van der Waals surface area (Å²) in [5, 5.41) is 0. The van der Waals surface area contributed by atoms with Gasteiger partial charge in [-0.1, -0.05) is 0 Å². The van der Waals surface area contributed by atoms with E-state index in [1.54, 1.807) is 12.3 Å². The fourth-order valence-corrected chi connectivity index (χ4v) is 5.87. The topological polar surface area (TPSA) is 0 Å². The van der Waals surface area contributed by atoms with Crippen LogP contribution in [0.4, 0.5) is 0 Å². The van der Waals surface area contributed by atoms with Crippen molar-refractivity contribution in [3.05, 3.63) is 0 Å². The first kappa shape index (κ1) is 11.9. The van der Waals surface area contributed by atoms with Gasteiger partial charge in [0.1, 0.15) is 0 Å². The van der Waals surface area contributed by atoms with E-state index in [1.165, 1.54) is 40.4 Å². The van der Waals surface area contributed by atoms with Gasteiger partial charge in [0.05, 0.1) is 0 Å². The van der Waals surface area contributed by atoms with Crippen LogP contribution in [0.1, 0.15) is 46.0 Å². The zero-order valence-electron chi connectivity index (χ0n) is 8.16. The molecule has 0 nitrogen and oxygen atoms in total. The molecule has 0 saturated carbocycles. The minimum atomic E-state index is 0.400. The molecule has 0 amide bonds. The van der Waals surface area contributed by atoms with Gasteiger partial charge < -0.3 is 0 Å². The molecule has 0 aliphatic rings. The van der Waals surface area contributed by atoms with Crippen molar-refractivity contribution >= 4 is 16.5 Å². The predicted octanol–water partition coefficient (Wildman–Crippen LogP) is 3.71. The Morgan fingerprint density at radius 2 is 1.73 bits per heavy atom. The van der Waals surface area contributed by atoms with Gasteiger partial charge in [0, 0.05) is 0 Å². The van der Waals surface area contributed by atoms with Gasteiger partial charge in [-0.3, -0.25) is 0 Å². The van der Waals surface area contributed by atoms with Gasteiger partial charge in [-0.15, -0.1) is 0 Å². The van der Waals surface area contributed by atoms with E-state index in [0.717, 1.165) is 0 Å². The van der Waals surface area contributed by atoms with Gasteiger partial charge in [0.2, 0.25) is 0 Å². The Morgan fingerprint density at radius 1 is 1.00 bits per heavy atom. The fraction of sp³-hybridized carbons (Fsp3) is 1.00. The molecule has 0 aromatic heterocycles. The summed E-state index contributed by atoms with van der Waals surface area (Å²) in [6, 6.07) is 0. The van der Waals surface area contributed by atoms with Gasteiger partial charge in [-0.05, 0) is 0 Å². The van der Waals surface area contributed by atoms with Crippen LogP contribution in [0.25, 0.3) is 0 Å². The van der Waals surface area contributed by atoms with Crippen molar-refractivity contribution in [2.45, 2.75) is 46.0 Å². The Bertz CT molecular complexity index is 56.6. The van der Waals surface area contributed by atoms with Gasteiger partial charge in [0.15, 0.2) is 0 Å². The van der Waals surface area contributed by atoms with Crippen LogP contribution in [0.5, 0.6) is 0 Å². The summed E-state index contributed by atoms with van der Waals surface area (Å²) < 4.78 is 0. The Kier molecular flexibility index (Phi) is 11.7. The van der Waals surface area contributed by atoms with E-state index in [4.69, 9.17) is 0 Å². The van der Waals surface area contributed by atoms with E-state index < -0.39 is 0 Å². The predicted molar refractivity (Wildman–Crippen MR) is 63.6 cm³/mol. The Hall–Kier alpha value is 0.860. The van der Waals surface area contributed by atoms with Crippen LogP contribution in [0.3, 0.4) is 0 Å². The summed E-state index contributed by atoms with van der Waals surface area (Å²) in [5.74, 6) is 0. The van der Waals surface area contributed by atoms with Crippen molar-refractivity contribution < 1.29 is 0 Å². The summed E-state index contributed by atoms with van der Waals surface area (Å²) in [5.41, 5.74) is 0. The van der Waals surface area contributed by atoms with Crippen molar-refractivity contribution in [1.82, 2.24) is 0 Å². The van der Waals surface area contributed by atoms with E-state index in [2.05, 4.69) is 13.8 Å². The quantitative estimate of drug-likeness (QED) is 0.408. The normalized spacial score (nSPS) is 11.8. The van der Waals surface area contributed by atoms with Crippen molar-refractivity contribution in [1.29, 1.82) is 0 Å². The second-order valence-corrected chi connectivity index (χ2v) is 8.37. The first-order valence-electron chi connectivity index (χ1n) is 5.12. The molecule has 1 unspecified atom stereocenters. The number of hydrogen-bond donors (Lipinski definition) is 0. The molecule has 0 N–H and O–H groups in total. The number of rotatable bonds is 8. The molecule has 0 fully saturated rings. The Labute approximate surface area is 75.4 Å². The van der Waals surface area contributed by atoms with Crippen LogP contribution in [0.15, 0.2) is 0 Å². The van der Waals surface area contributed by atoms with E-state index in [-0.39, 0.29) is 0 Å². The average Bonchev–Trinajstić information content (AvgIpc) is 2.03. The molecular formula is C9H24P2. The summed E-state index contributed by atoms with van der Waals surface area (Å²) in [7, 11) is 1.79. The first-order chi connectivity index (χ1) is 5.41. The van der Waals surface area contributed by atoms with Gasteiger partial charge in [-0.2, -0.15) is 0 Å². The zero-order valence-corrected chi connectivity index (χ0v) is 10.6. The molecule has 70 valence electrons. The first-order valence-corrected chi connectivity index (χ1v) is 9.66. The molecule has 0 aliphatic heterocycles. The van der Waals surface area contributed by atoms with Crippen molar-refractivity contribution in [2.24, 2.45) is 0 Å². The second-order valence-electron chi connectivity index (χ2n) is 3.16. The van der Waals surface area contributed by atoms with Crippen molar-refractivity contribution in [3.63, 3.8) is 0 Å². The molecule has 0 heterocycles. The molecule has 11 heavy (non-hydrogen) atoms. The van der Waals surface area contributed by atoms with E-state index in [0.29, 0.717) is 8.27 Å². The summed E-state index contributed by atoms with van der Waals surface area (Å²) in [6.45, 7) is 4.59. The third kappa shape index (κ3) is 10.9. The van der Waals surface area contributed by atoms with Crippen LogP contribution >= 0.6 is 16.5 Å². The molecule has 0 saturated heterocycles. The fourth-order valence-electron chi connectivity index (χ4n) is 1.12. The second kappa shape index (κ2) is 10.9. The minimum absolute atomic E-state index is 0.400. The third-order valence-electron chi connectivity index (χ3n) is 1.91. The molecule has 0 rings (SSSR count). The van der Waals surface area contributed by atoms with Crippen LogP contribution in [0, 0.1) is 0 Å². The summed E-state index contributed by atoms with van der Waals surface area (Å²) in [6.07, 6.45) is 10.5. The molecular weight excluding hydrogens is 170 g/mol. The molecule has 0 bridgehead atoms. The van der Waals surface area contributed by atoms with E-state index in [1.807, 2.05) is 0 Å². The molecule has 1 atom stereocenters. The number of unbranched alkanes of at least 4 members (excludes halogenated alkanes) is 3. The van der Waals surface area contributed by atoms with Crippen molar-refractivity contribution in [2.75, 3.05) is 12.3 Å². The van der Waals surface area contributed by atoms with Crippen LogP contribution in [0.2, 0.25) is 0 Å². The summed E-state index contributed by atoms with van der Waals surface area (Å²) in [4.78, 5) is 0. The van der Waals surface area contributed by atoms with Crippen LogP contribution in [-0.2, 0) is 0 Å². The Morgan fingerprint density at radius 3 is 2.36 bits per heavy atom. The van der Waals surface area contributed by atoms with Gasteiger partial charge >= 0.3 is 74.8 Å². The van der Waals surface area contributed by atoms with Gasteiger partial charge in [0.25, 0.3) is 0 Å². The molecule has 2 heteroatoms. The molecule has 0 aliphatic carbocycles. The Balaban J connectivity index is 2.69. The van der Waals surface area contributed by atoms with Gasteiger partial charge in [-0.25, -0.2) is 0 Å². The third-order valence-corrected chi connectivity index (χ3v) is 7.01. The molecule has 0 aromatic carbocycles. The standard InChI is InChI=1S/C9H24P2/c1-3-5-7-9-11-10-8-6-4-2/h11H,3-9H2,1-2,10H3. The maximum atomic E-state index is 2.30. The molecule has 0 aromatic rings. The number of hydrogen-bond acceptors (Lipinski definition) is 0.